The largest absolute Gasteiger partial charge is 0.370 e. The molecule has 6 nitrogen and oxygen atoms in total. The molecule has 132 valence electrons. The molecule has 2 aromatic rings. The molecule has 1 amide bonds. The van der Waals surface area contributed by atoms with E-state index in [4.69, 9.17) is 10.1 Å². The molecule has 2 aliphatic heterocycles. The zero-order chi connectivity index (χ0) is 16.8. The van der Waals surface area contributed by atoms with Gasteiger partial charge in [-0.15, -0.1) is 0 Å². The maximum absolute atomic E-state index is 12.4. The van der Waals surface area contributed by atoms with Gasteiger partial charge in [-0.3, -0.25) is 4.79 Å². The molecule has 2 saturated heterocycles. The summed E-state index contributed by atoms with van der Waals surface area (Å²) in [5.41, 5.74) is 2.14. The minimum absolute atomic E-state index is 0.270. The SMILES string of the molecule is O=C(C1CC1)N1CCC[C@H](c2nc3ccc(N4CCCC4)cn3n2)C1. The highest BCUT2D eigenvalue weighted by molar-refractivity contribution is 5.81. The lowest BCUT2D eigenvalue weighted by molar-refractivity contribution is -0.133. The number of likely N-dealkylation sites (tertiary alicyclic amines) is 1. The fourth-order valence-corrected chi connectivity index (χ4v) is 4.20. The van der Waals surface area contributed by atoms with Crippen LogP contribution < -0.4 is 4.90 Å². The molecule has 5 rings (SSSR count). The van der Waals surface area contributed by atoms with Gasteiger partial charge in [0, 0.05) is 38.0 Å². The summed E-state index contributed by atoms with van der Waals surface area (Å²) in [4.78, 5) is 21.6. The predicted octanol–water partition coefficient (Wildman–Crippen LogP) is 2.45. The van der Waals surface area contributed by atoms with E-state index in [0.29, 0.717) is 11.8 Å². The van der Waals surface area contributed by atoms with Crippen LogP contribution in [0.15, 0.2) is 18.3 Å². The van der Waals surface area contributed by atoms with Crippen LogP contribution in [0.1, 0.15) is 50.3 Å². The maximum atomic E-state index is 12.4. The number of piperidine rings is 1. The van der Waals surface area contributed by atoms with Crippen molar-refractivity contribution in [3.63, 3.8) is 0 Å². The zero-order valence-electron chi connectivity index (χ0n) is 14.6. The Bertz CT molecular complexity index is 790. The van der Waals surface area contributed by atoms with Crippen molar-refractivity contribution in [3.8, 4) is 0 Å². The topological polar surface area (TPSA) is 53.7 Å². The van der Waals surface area contributed by atoms with Crippen molar-refractivity contribution in [1.29, 1.82) is 0 Å². The van der Waals surface area contributed by atoms with Gasteiger partial charge in [-0.25, -0.2) is 9.50 Å². The molecule has 1 atom stereocenters. The van der Waals surface area contributed by atoms with E-state index in [2.05, 4.69) is 23.2 Å². The summed E-state index contributed by atoms with van der Waals surface area (Å²) in [6.45, 7) is 3.95. The molecule has 3 aliphatic rings. The number of amides is 1. The number of anilines is 1. The molecule has 1 saturated carbocycles. The van der Waals surface area contributed by atoms with Gasteiger partial charge in [0.2, 0.25) is 5.91 Å². The smallest absolute Gasteiger partial charge is 0.225 e. The van der Waals surface area contributed by atoms with Gasteiger partial charge in [-0.2, -0.15) is 5.10 Å². The molecular formula is C19H25N5O. The third-order valence-electron chi connectivity index (χ3n) is 5.83. The van der Waals surface area contributed by atoms with Gasteiger partial charge in [0.15, 0.2) is 11.5 Å². The van der Waals surface area contributed by atoms with E-state index in [1.807, 2.05) is 9.42 Å². The summed E-state index contributed by atoms with van der Waals surface area (Å²) >= 11 is 0. The minimum atomic E-state index is 0.270. The number of hydrogen-bond acceptors (Lipinski definition) is 4. The molecule has 3 fully saturated rings. The molecule has 25 heavy (non-hydrogen) atoms. The van der Waals surface area contributed by atoms with Gasteiger partial charge in [0.1, 0.15) is 0 Å². The summed E-state index contributed by atoms with van der Waals surface area (Å²) in [7, 11) is 0. The van der Waals surface area contributed by atoms with Crippen LogP contribution in [0.25, 0.3) is 5.65 Å². The fraction of sp³-hybridized carbons (Fsp3) is 0.632. The second-order valence-corrected chi connectivity index (χ2v) is 7.75. The Kier molecular flexibility index (Phi) is 3.64. The van der Waals surface area contributed by atoms with Crippen molar-refractivity contribution in [2.24, 2.45) is 5.92 Å². The molecule has 2 aromatic heterocycles. The number of fused-ring (bicyclic) bond motifs is 1. The Hall–Kier alpha value is -2.11. The van der Waals surface area contributed by atoms with Crippen molar-refractivity contribution in [1.82, 2.24) is 19.5 Å². The van der Waals surface area contributed by atoms with Gasteiger partial charge in [-0.1, -0.05) is 0 Å². The molecule has 0 N–H and O–H groups in total. The van der Waals surface area contributed by atoms with Crippen LogP contribution >= 0.6 is 0 Å². The molecule has 1 aliphatic carbocycles. The molecule has 0 unspecified atom stereocenters. The van der Waals surface area contributed by atoms with Crippen LogP contribution in [0.2, 0.25) is 0 Å². The number of nitrogens with zero attached hydrogens (tertiary/aromatic N) is 5. The number of aromatic nitrogens is 3. The highest BCUT2D eigenvalue weighted by atomic mass is 16.2. The van der Waals surface area contributed by atoms with E-state index in [9.17, 15) is 4.79 Å². The molecular weight excluding hydrogens is 314 g/mol. The van der Waals surface area contributed by atoms with E-state index < -0.39 is 0 Å². The van der Waals surface area contributed by atoms with Gasteiger partial charge in [0.05, 0.1) is 11.9 Å². The Morgan fingerprint density at radius 2 is 1.88 bits per heavy atom. The summed E-state index contributed by atoms with van der Waals surface area (Å²) in [6.07, 6.45) is 8.92. The standard InChI is InChI=1S/C19H25N5O/c25-19(14-5-6-14)23-11-3-4-15(12-23)18-20-17-8-7-16(13-24(17)21-18)22-9-1-2-10-22/h7-8,13-15H,1-6,9-12H2/t15-/m0/s1. The third kappa shape index (κ3) is 2.87. The lowest BCUT2D eigenvalue weighted by Crippen LogP contribution is -2.40. The third-order valence-corrected chi connectivity index (χ3v) is 5.83. The molecule has 0 spiro atoms. The second kappa shape index (κ2) is 6.00. The average molecular weight is 339 g/mol. The Balaban J connectivity index is 1.37. The van der Waals surface area contributed by atoms with E-state index >= 15 is 0 Å². The average Bonchev–Trinajstić information content (AvgIpc) is 3.18. The van der Waals surface area contributed by atoms with Crippen LogP contribution in [0.5, 0.6) is 0 Å². The molecule has 0 aromatic carbocycles. The molecule has 0 radical (unpaired) electrons. The van der Waals surface area contributed by atoms with E-state index in [-0.39, 0.29) is 5.92 Å². The van der Waals surface area contributed by atoms with Crippen LogP contribution in [0, 0.1) is 5.92 Å². The van der Waals surface area contributed by atoms with Gasteiger partial charge < -0.3 is 9.80 Å². The number of pyridine rings is 1. The summed E-state index contributed by atoms with van der Waals surface area (Å²) < 4.78 is 1.92. The van der Waals surface area contributed by atoms with E-state index in [0.717, 1.165) is 63.3 Å². The highest BCUT2D eigenvalue weighted by Gasteiger charge is 2.36. The van der Waals surface area contributed by atoms with Crippen LogP contribution in [-0.2, 0) is 4.79 Å². The maximum Gasteiger partial charge on any atom is 0.225 e. The first-order valence-corrected chi connectivity index (χ1v) is 9.68. The molecule has 4 heterocycles. The van der Waals surface area contributed by atoms with Crippen molar-refractivity contribution < 1.29 is 4.79 Å². The fourth-order valence-electron chi connectivity index (χ4n) is 4.20. The highest BCUT2D eigenvalue weighted by Crippen LogP contribution is 2.34. The quantitative estimate of drug-likeness (QED) is 0.862. The van der Waals surface area contributed by atoms with Crippen molar-refractivity contribution >= 4 is 17.2 Å². The number of rotatable bonds is 3. The number of carbonyl (C=O) groups is 1. The lowest BCUT2D eigenvalue weighted by Gasteiger charge is -2.31. The van der Waals surface area contributed by atoms with E-state index in [1.54, 1.807) is 0 Å². The second-order valence-electron chi connectivity index (χ2n) is 7.75. The predicted molar refractivity (Wildman–Crippen MR) is 95.7 cm³/mol. The molecule has 6 heteroatoms. The van der Waals surface area contributed by atoms with Crippen molar-refractivity contribution in [2.45, 2.75) is 44.4 Å². The minimum Gasteiger partial charge on any atom is -0.370 e. The summed E-state index contributed by atoms with van der Waals surface area (Å²) in [6, 6.07) is 4.23. The number of carbonyl (C=O) groups excluding carboxylic acids is 1. The van der Waals surface area contributed by atoms with Crippen LogP contribution in [-0.4, -0.2) is 51.6 Å². The summed E-state index contributed by atoms with van der Waals surface area (Å²) in [5, 5.41) is 4.76. The van der Waals surface area contributed by atoms with Crippen LogP contribution in [0.3, 0.4) is 0 Å². The lowest BCUT2D eigenvalue weighted by atomic mass is 9.97. The van der Waals surface area contributed by atoms with Crippen molar-refractivity contribution in [2.75, 3.05) is 31.1 Å². The van der Waals surface area contributed by atoms with Gasteiger partial charge in [-0.05, 0) is 50.7 Å². The Labute approximate surface area is 147 Å². The monoisotopic (exact) mass is 339 g/mol. The Morgan fingerprint density at radius 1 is 1.04 bits per heavy atom. The van der Waals surface area contributed by atoms with Crippen molar-refractivity contribution in [3.05, 3.63) is 24.2 Å². The van der Waals surface area contributed by atoms with E-state index in [1.165, 1.54) is 18.5 Å². The normalized spacial score (nSPS) is 24.2. The first-order valence-electron chi connectivity index (χ1n) is 9.68. The summed E-state index contributed by atoms with van der Waals surface area (Å²) in [5.74, 6) is 1.82. The first-order chi connectivity index (χ1) is 12.3. The zero-order valence-corrected chi connectivity index (χ0v) is 14.6. The Morgan fingerprint density at radius 3 is 2.68 bits per heavy atom. The number of hydrogen-bond donors (Lipinski definition) is 0. The van der Waals surface area contributed by atoms with Crippen LogP contribution in [0.4, 0.5) is 5.69 Å². The van der Waals surface area contributed by atoms with Gasteiger partial charge >= 0.3 is 0 Å². The first kappa shape index (κ1) is 15.2. The van der Waals surface area contributed by atoms with Gasteiger partial charge in [0.25, 0.3) is 0 Å². The molecule has 0 bridgehead atoms.